The summed E-state index contributed by atoms with van der Waals surface area (Å²) < 4.78 is 27.3. The first-order chi connectivity index (χ1) is 8.87. The molecule has 0 unspecified atom stereocenters. The van der Waals surface area contributed by atoms with E-state index in [-0.39, 0.29) is 11.6 Å². The highest BCUT2D eigenvalue weighted by molar-refractivity contribution is 8.00. The molecule has 3 N–H and O–H groups in total. The molecule has 0 aromatic heterocycles. The van der Waals surface area contributed by atoms with Gasteiger partial charge in [0.15, 0.2) is 5.84 Å². The Balaban J connectivity index is 2.95. The number of rotatable bonds is 6. The fraction of sp³-hybridized carbons (Fsp3) is 0.364. The zero-order valence-corrected chi connectivity index (χ0v) is 12.3. The lowest BCUT2D eigenvalue weighted by atomic mass is 10.2. The van der Waals surface area contributed by atoms with Crippen molar-refractivity contribution in [2.75, 3.05) is 24.9 Å². The lowest BCUT2D eigenvalue weighted by Crippen LogP contribution is -2.14. The second-order valence-electron chi connectivity index (χ2n) is 3.83. The summed E-state index contributed by atoms with van der Waals surface area (Å²) in [6.45, 7) is 0. The summed E-state index contributed by atoms with van der Waals surface area (Å²) in [5, 5.41) is 11.7. The van der Waals surface area contributed by atoms with Gasteiger partial charge in [0.2, 0.25) is 0 Å². The molecule has 106 valence electrons. The van der Waals surface area contributed by atoms with Crippen molar-refractivity contribution in [1.82, 2.24) is 0 Å². The summed E-state index contributed by atoms with van der Waals surface area (Å²) in [7, 11) is -1.48. The van der Waals surface area contributed by atoms with Gasteiger partial charge in [0.25, 0.3) is 0 Å². The Hall–Kier alpha value is -1.41. The van der Waals surface area contributed by atoms with Crippen LogP contribution in [-0.4, -0.2) is 44.3 Å². The van der Waals surface area contributed by atoms with Crippen LogP contribution in [0.25, 0.3) is 0 Å². The van der Waals surface area contributed by atoms with E-state index < -0.39 is 9.84 Å². The first-order valence-corrected chi connectivity index (χ1v) is 8.38. The number of nitrogens with two attached hydrogens (primary N) is 1. The van der Waals surface area contributed by atoms with Crippen LogP contribution in [0.4, 0.5) is 0 Å². The van der Waals surface area contributed by atoms with Crippen LogP contribution in [0.15, 0.2) is 28.3 Å². The molecular formula is C11H16N2O4S2. The van der Waals surface area contributed by atoms with Gasteiger partial charge in [-0.05, 0) is 18.2 Å². The fourth-order valence-corrected chi connectivity index (χ4v) is 3.61. The van der Waals surface area contributed by atoms with E-state index in [4.69, 9.17) is 15.7 Å². The Morgan fingerprint density at radius 2 is 2.21 bits per heavy atom. The molecule has 0 bridgehead atoms. The van der Waals surface area contributed by atoms with Gasteiger partial charge in [-0.3, -0.25) is 0 Å². The molecule has 0 fully saturated rings. The predicted molar refractivity (Wildman–Crippen MR) is 75.9 cm³/mol. The third-order valence-electron chi connectivity index (χ3n) is 2.28. The van der Waals surface area contributed by atoms with Crippen LogP contribution in [0.5, 0.6) is 5.75 Å². The maximum absolute atomic E-state index is 11.1. The quantitative estimate of drug-likeness (QED) is 0.266. The number of oxime groups is 1. The Labute approximate surface area is 116 Å². The Bertz CT molecular complexity index is 570. The van der Waals surface area contributed by atoms with Gasteiger partial charge < -0.3 is 15.7 Å². The molecule has 1 aromatic rings. The second-order valence-corrected chi connectivity index (χ2v) is 7.22. The molecule has 0 amide bonds. The number of hydrogen-bond acceptors (Lipinski definition) is 6. The highest BCUT2D eigenvalue weighted by Gasteiger charge is 2.11. The van der Waals surface area contributed by atoms with Gasteiger partial charge in [0.05, 0.1) is 12.9 Å². The van der Waals surface area contributed by atoms with Crippen LogP contribution in [0.2, 0.25) is 0 Å². The van der Waals surface area contributed by atoms with E-state index in [1.807, 2.05) is 0 Å². The normalized spacial score (nSPS) is 12.4. The van der Waals surface area contributed by atoms with E-state index in [2.05, 4.69) is 5.16 Å². The van der Waals surface area contributed by atoms with Crippen LogP contribution in [-0.2, 0) is 9.84 Å². The standard InChI is InChI=1S/C11H16N2O4S2/c1-17-8-3-4-9(11(12)13-14)10(7-8)18-5-6-19(2,15)16/h3-4,7,14H,5-6H2,1-2H3,(H2,12,13). The minimum absolute atomic E-state index is 0.0236. The highest BCUT2D eigenvalue weighted by Crippen LogP contribution is 2.27. The summed E-state index contributed by atoms with van der Waals surface area (Å²) in [6.07, 6.45) is 1.18. The van der Waals surface area contributed by atoms with Gasteiger partial charge in [-0.25, -0.2) is 8.42 Å². The molecule has 6 nitrogen and oxygen atoms in total. The topological polar surface area (TPSA) is 102 Å². The van der Waals surface area contributed by atoms with Crippen LogP contribution in [0, 0.1) is 0 Å². The first kappa shape index (κ1) is 15.6. The van der Waals surface area contributed by atoms with Gasteiger partial charge >= 0.3 is 0 Å². The molecule has 0 saturated heterocycles. The third kappa shape index (κ3) is 4.99. The summed E-state index contributed by atoms with van der Waals surface area (Å²) in [6, 6.07) is 5.07. The van der Waals surface area contributed by atoms with Crippen LogP contribution < -0.4 is 10.5 Å². The molecule has 0 saturated carbocycles. The Morgan fingerprint density at radius 1 is 1.53 bits per heavy atom. The van der Waals surface area contributed by atoms with Gasteiger partial charge in [0.1, 0.15) is 15.6 Å². The fourth-order valence-electron chi connectivity index (χ4n) is 1.32. The van der Waals surface area contributed by atoms with Crippen LogP contribution in [0.1, 0.15) is 5.56 Å². The number of amidine groups is 1. The van der Waals surface area contributed by atoms with Crippen molar-refractivity contribution < 1.29 is 18.4 Å². The summed E-state index contributed by atoms with van der Waals surface area (Å²) in [4.78, 5) is 0.707. The van der Waals surface area contributed by atoms with E-state index in [0.29, 0.717) is 22.0 Å². The molecule has 19 heavy (non-hydrogen) atoms. The molecule has 1 rings (SSSR count). The average molecular weight is 304 g/mol. The number of hydrogen-bond donors (Lipinski definition) is 2. The predicted octanol–water partition coefficient (Wildman–Crippen LogP) is 0.926. The van der Waals surface area contributed by atoms with E-state index in [9.17, 15) is 8.42 Å². The lowest BCUT2D eigenvalue weighted by molar-refractivity contribution is 0.318. The van der Waals surface area contributed by atoms with Crippen LogP contribution >= 0.6 is 11.8 Å². The third-order valence-corrected chi connectivity index (χ3v) is 4.55. The second kappa shape index (κ2) is 6.67. The van der Waals surface area contributed by atoms with Gasteiger partial charge in [-0.2, -0.15) is 0 Å². The smallest absolute Gasteiger partial charge is 0.171 e. The molecular weight excluding hydrogens is 288 g/mol. The molecule has 0 heterocycles. The van der Waals surface area contributed by atoms with E-state index >= 15 is 0 Å². The van der Waals surface area contributed by atoms with Crippen molar-refractivity contribution in [2.45, 2.75) is 4.90 Å². The molecule has 1 aromatic carbocycles. The molecule has 0 aliphatic carbocycles. The molecule has 0 aliphatic rings. The summed E-state index contributed by atoms with van der Waals surface area (Å²) in [5.41, 5.74) is 6.12. The minimum Gasteiger partial charge on any atom is -0.497 e. The number of benzene rings is 1. The zero-order valence-electron chi connectivity index (χ0n) is 10.7. The van der Waals surface area contributed by atoms with E-state index in [0.717, 1.165) is 0 Å². The SMILES string of the molecule is COc1ccc(/C(N)=N/O)c(SCCS(C)(=O)=O)c1. The zero-order chi connectivity index (χ0) is 14.5. The average Bonchev–Trinajstić information content (AvgIpc) is 2.36. The largest absolute Gasteiger partial charge is 0.497 e. The van der Waals surface area contributed by atoms with Crippen molar-refractivity contribution in [3.8, 4) is 5.75 Å². The molecule has 0 spiro atoms. The van der Waals surface area contributed by atoms with E-state index in [1.165, 1.54) is 25.1 Å². The number of ether oxygens (including phenoxy) is 1. The summed E-state index contributed by atoms with van der Waals surface area (Å²) >= 11 is 1.32. The van der Waals surface area contributed by atoms with E-state index in [1.54, 1.807) is 18.2 Å². The van der Waals surface area contributed by atoms with Crippen LogP contribution in [0.3, 0.4) is 0 Å². The molecule has 0 atom stereocenters. The molecule has 0 aliphatic heterocycles. The molecule has 8 heteroatoms. The number of methoxy groups -OCH3 is 1. The summed E-state index contributed by atoms with van der Waals surface area (Å²) in [5.74, 6) is 1.04. The lowest BCUT2D eigenvalue weighted by Gasteiger charge is -2.09. The maximum atomic E-state index is 11.1. The van der Waals surface area contributed by atoms with Gasteiger partial charge in [-0.15, -0.1) is 11.8 Å². The van der Waals surface area contributed by atoms with Crippen molar-refractivity contribution in [2.24, 2.45) is 10.9 Å². The minimum atomic E-state index is -3.01. The number of sulfone groups is 1. The highest BCUT2D eigenvalue weighted by atomic mass is 32.2. The van der Waals surface area contributed by atoms with Crippen molar-refractivity contribution in [1.29, 1.82) is 0 Å². The van der Waals surface area contributed by atoms with Crippen molar-refractivity contribution >= 4 is 27.4 Å². The maximum Gasteiger partial charge on any atom is 0.171 e. The molecule has 0 radical (unpaired) electrons. The first-order valence-electron chi connectivity index (χ1n) is 5.34. The monoisotopic (exact) mass is 304 g/mol. The Kier molecular flexibility index (Phi) is 5.49. The van der Waals surface area contributed by atoms with Crippen molar-refractivity contribution in [3.05, 3.63) is 23.8 Å². The van der Waals surface area contributed by atoms with Gasteiger partial charge in [0, 0.05) is 22.5 Å². The van der Waals surface area contributed by atoms with Crippen molar-refractivity contribution in [3.63, 3.8) is 0 Å². The van der Waals surface area contributed by atoms with Gasteiger partial charge in [-0.1, -0.05) is 5.16 Å². The number of thioether (sulfide) groups is 1. The number of nitrogens with zero attached hydrogens (tertiary/aromatic N) is 1. The Morgan fingerprint density at radius 3 is 2.74 bits per heavy atom.